The highest BCUT2D eigenvalue weighted by molar-refractivity contribution is 6.30. The van der Waals surface area contributed by atoms with E-state index in [1.807, 2.05) is 31.1 Å². The molecule has 0 spiro atoms. The second-order valence-corrected chi connectivity index (χ2v) is 6.70. The molecule has 3 aromatic rings. The van der Waals surface area contributed by atoms with Crippen molar-refractivity contribution in [3.8, 4) is 0 Å². The van der Waals surface area contributed by atoms with Crippen LogP contribution in [0.25, 0.3) is 0 Å². The number of amides is 1. The summed E-state index contributed by atoms with van der Waals surface area (Å²) in [5.41, 5.74) is 1.54. The van der Waals surface area contributed by atoms with E-state index in [1.165, 1.54) is 12.1 Å². The Morgan fingerprint density at radius 1 is 1.22 bits per heavy atom. The van der Waals surface area contributed by atoms with Crippen molar-refractivity contribution in [1.82, 2.24) is 14.8 Å². The lowest BCUT2D eigenvalue weighted by Crippen LogP contribution is -2.16. The maximum atomic E-state index is 13.5. The predicted molar refractivity (Wildman–Crippen MR) is 104 cm³/mol. The minimum absolute atomic E-state index is 0.0836. The third-order valence-electron chi connectivity index (χ3n) is 3.87. The van der Waals surface area contributed by atoms with Crippen LogP contribution in [0.2, 0.25) is 5.02 Å². The quantitative estimate of drug-likeness (QED) is 0.704. The summed E-state index contributed by atoms with van der Waals surface area (Å²) < 4.78 is 15.1. The Morgan fingerprint density at radius 2 is 2.00 bits per heavy atom. The molecule has 8 heteroatoms. The number of anilines is 2. The van der Waals surface area contributed by atoms with E-state index in [9.17, 15) is 9.18 Å². The number of nitrogens with zero attached hydrogens (tertiary/aromatic N) is 4. The van der Waals surface area contributed by atoms with Crippen LogP contribution in [0.5, 0.6) is 0 Å². The Balaban J connectivity index is 1.58. The zero-order valence-electron chi connectivity index (χ0n) is 15.0. The fraction of sp³-hybridized carbons (Fsp3) is 0.211. The lowest BCUT2D eigenvalue weighted by molar-refractivity contribution is -0.115. The van der Waals surface area contributed by atoms with Gasteiger partial charge in [-0.15, -0.1) is 0 Å². The number of pyridine rings is 1. The molecule has 1 aromatic carbocycles. The first-order valence-electron chi connectivity index (χ1n) is 8.30. The fourth-order valence-corrected chi connectivity index (χ4v) is 2.62. The third kappa shape index (κ3) is 5.04. The summed E-state index contributed by atoms with van der Waals surface area (Å²) in [6.07, 6.45) is 3.61. The maximum absolute atomic E-state index is 13.5. The minimum Gasteiger partial charge on any atom is -0.363 e. The smallest absolute Gasteiger partial charge is 0.230 e. The van der Waals surface area contributed by atoms with Crippen LogP contribution in [0.1, 0.15) is 11.1 Å². The van der Waals surface area contributed by atoms with Crippen molar-refractivity contribution in [2.45, 2.75) is 13.0 Å². The van der Waals surface area contributed by atoms with Gasteiger partial charge in [0.2, 0.25) is 5.91 Å². The number of halogens is 2. The first kappa shape index (κ1) is 18.8. The molecule has 0 fully saturated rings. The molecule has 140 valence electrons. The zero-order chi connectivity index (χ0) is 19.4. The summed E-state index contributed by atoms with van der Waals surface area (Å²) in [6.45, 7) is 0.375. The largest absolute Gasteiger partial charge is 0.363 e. The Hall–Kier alpha value is -2.93. The number of rotatable bonds is 6. The number of nitrogens with one attached hydrogen (secondary N) is 1. The van der Waals surface area contributed by atoms with E-state index in [2.05, 4.69) is 15.4 Å². The Morgan fingerprint density at radius 3 is 2.67 bits per heavy atom. The highest BCUT2D eigenvalue weighted by Crippen LogP contribution is 2.16. The summed E-state index contributed by atoms with van der Waals surface area (Å²) in [4.78, 5) is 18.4. The van der Waals surface area contributed by atoms with Crippen LogP contribution in [-0.2, 0) is 17.8 Å². The molecule has 0 bridgehead atoms. The molecule has 2 aromatic heterocycles. The molecular formula is C19H19ClFN5O. The molecule has 2 heterocycles. The summed E-state index contributed by atoms with van der Waals surface area (Å²) in [5, 5.41) is 7.12. The zero-order valence-corrected chi connectivity index (χ0v) is 15.7. The van der Waals surface area contributed by atoms with Crippen molar-refractivity contribution in [2.24, 2.45) is 0 Å². The molecule has 0 aliphatic carbocycles. The molecule has 1 N–H and O–H groups in total. The van der Waals surface area contributed by atoms with E-state index < -0.39 is 5.82 Å². The van der Waals surface area contributed by atoms with E-state index in [4.69, 9.17) is 11.6 Å². The van der Waals surface area contributed by atoms with Gasteiger partial charge in [-0.05, 0) is 29.3 Å². The Labute approximate surface area is 161 Å². The van der Waals surface area contributed by atoms with Crippen LogP contribution in [0.3, 0.4) is 0 Å². The second kappa shape index (κ2) is 8.18. The molecule has 0 saturated carbocycles. The second-order valence-electron chi connectivity index (χ2n) is 6.29. The van der Waals surface area contributed by atoms with E-state index in [0.717, 1.165) is 16.9 Å². The van der Waals surface area contributed by atoms with Crippen LogP contribution in [0, 0.1) is 5.82 Å². The van der Waals surface area contributed by atoms with Crippen molar-refractivity contribution >= 4 is 29.1 Å². The van der Waals surface area contributed by atoms with Gasteiger partial charge in [0.1, 0.15) is 11.6 Å². The first-order chi connectivity index (χ1) is 12.9. The molecule has 0 radical (unpaired) electrons. The lowest BCUT2D eigenvalue weighted by atomic mass is 10.2. The topological polar surface area (TPSA) is 63.1 Å². The van der Waals surface area contributed by atoms with E-state index in [0.29, 0.717) is 12.4 Å². The monoisotopic (exact) mass is 387 g/mol. The molecular weight excluding hydrogens is 369 g/mol. The van der Waals surface area contributed by atoms with Crippen molar-refractivity contribution in [2.75, 3.05) is 24.3 Å². The SMILES string of the molecule is CN(C)c1ccc(CC(=O)Nc2ccn(Cc3ccc(Cl)c(F)c3)n2)cn1. The normalized spacial score (nSPS) is 10.7. The molecule has 3 rings (SSSR count). The summed E-state index contributed by atoms with van der Waals surface area (Å²) >= 11 is 5.68. The number of aromatic nitrogens is 3. The molecule has 0 aliphatic rings. The van der Waals surface area contributed by atoms with Crippen molar-refractivity contribution in [3.05, 3.63) is 70.8 Å². The van der Waals surface area contributed by atoms with Crippen molar-refractivity contribution in [3.63, 3.8) is 0 Å². The highest BCUT2D eigenvalue weighted by Gasteiger charge is 2.08. The lowest BCUT2D eigenvalue weighted by Gasteiger charge is -2.11. The van der Waals surface area contributed by atoms with Gasteiger partial charge in [-0.25, -0.2) is 9.37 Å². The van der Waals surface area contributed by atoms with Gasteiger partial charge in [0, 0.05) is 32.6 Å². The average molecular weight is 388 g/mol. The number of carbonyl (C=O) groups is 1. The van der Waals surface area contributed by atoms with Gasteiger partial charge < -0.3 is 10.2 Å². The van der Waals surface area contributed by atoms with Gasteiger partial charge in [-0.1, -0.05) is 23.7 Å². The molecule has 1 amide bonds. The number of benzene rings is 1. The molecule has 0 saturated heterocycles. The van der Waals surface area contributed by atoms with Crippen LogP contribution in [0.15, 0.2) is 48.8 Å². The molecule has 6 nitrogen and oxygen atoms in total. The van der Waals surface area contributed by atoms with E-state index in [-0.39, 0.29) is 17.4 Å². The van der Waals surface area contributed by atoms with Crippen molar-refractivity contribution in [1.29, 1.82) is 0 Å². The number of hydrogen-bond acceptors (Lipinski definition) is 4. The van der Waals surface area contributed by atoms with Crippen LogP contribution >= 0.6 is 11.6 Å². The van der Waals surface area contributed by atoms with Gasteiger partial charge in [-0.2, -0.15) is 5.10 Å². The van der Waals surface area contributed by atoms with Gasteiger partial charge in [-0.3, -0.25) is 9.48 Å². The van der Waals surface area contributed by atoms with E-state index >= 15 is 0 Å². The standard InChI is InChI=1S/C19H19ClFN5O/c1-25(2)18-6-4-13(11-22-18)10-19(27)23-17-7-8-26(24-17)12-14-3-5-15(20)16(21)9-14/h3-9,11H,10,12H2,1-2H3,(H,23,24,27). The molecule has 0 aliphatic heterocycles. The first-order valence-corrected chi connectivity index (χ1v) is 8.68. The summed E-state index contributed by atoms with van der Waals surface area (Å²) in [5.74, 6) is 0.616. The average Bonchev–Trinajstić information content (AvgIpc) is 3.05. The van der Waals surface area contributed by atoms with Gasteiger partial charge in [0.05, 0.1) is 18.0 Å². The predicted octanol–water partition coefficient (Wildman–Crippen LogP) is 3.37. The molecule has 27 heavy (non-hydrogen) atoms. The summed E-state index contributed by atoms with van der Waals surface area (Å²) in [7, 11) is 3.81. The number of carbonyl (C=O) groups excluding carboxylic acids is 1. The van der Waals surface area contributed by atoms with Crippen molar-refractivity contribution < 1.29 is 9.18 Å². The molecule has 0 unspecified atom stereocenters. The van der Waals surface area contributed by atoms with Crippen LogP contribution < -0.4 is 10.2 Å². The van der Waals surface area contributed by atoms with E-state index in [1.54, 1.807) is 29.2 Å². The minimum atomic E-state index is -0.469. The third-order valence-corrected chi connectivity index (χ3v) is 4.18. The Kier molecular flexibility index (Phi) is 5.71. The number of hydrogen-bond donors (Lipinski definition) is 1. The fourth-order valence-electron chi connectivity index (χ4n) is 2.50. The highest BCUT2D eigenvalue weighted by atomic mass is 35.5. The van der Waals surface area contributed by atoms with Crippen LogP contribution in [-0.4, -0.2) is 34.8 Å². The van der Waals surface area contributed by atoms with Gasteiger partial charge in [0.15, 0.2) is 5.82 Å². The Bertz CT molecular complexity index is 940. The molecule has 0 atom stereocenters. The van der Waals surface area contributed by atoms with Gasteiger partial charge in [0.25, 0.3) is 0 Å². The summed E-state index contributed by atoms with van der Waals surface area (Å²) in [6, 6.07) is 10.0. The maximum Gasteiger partial charge on any atom is 0.230 e. The van der Waals surface area contributed by atoms with Gasteiger partial charge >= 0.3 is 0 Å². The van der Waals surface area contributed by atoms with Crippen LogP contribution in [0.4, 0.5) is 16.0 Å².